The summed E-state index contributed by atoms with van der Waals surface area (Å²) in [6, 6.07) is 5.29. The Morgan fingerprint density at radius 2 is 2.25 bits per heavy atom. The fourth-order valence-electron chi connectivity index (χ4n) is 1.56. The van der Waals surface area contributed by atoms with Gasteiger partial charge < -0.3 is 15.7 Å². The number of anilines is 1. The van der Waals surface area contributed by atoms with Crippen LogP contribution < -0.4 is 10.6 Å². The second-order valence-corrected chi connectivity index (χ2v) is 3.78. The lowest BCUT2D eigenvalue weighted by Gasteiger charge is -2.24. The summed E-state index contributed by atoms with van der Waals surface area (Å²) in [4.78, 5) is 12.7. The number of likely N-dealkylation sites (N-methyl/N-ethyl adjacent to an activating group) is 1. The summed E-state index contributed by atoms with van der Waals surface area (Å²) < 4.78 is 0. The number of carbonyl (C=O) groups is 1. The number of carbonyl (C=O) groups excluding carboxylic acids is 1. The topological polar surface area (TPSA) is 66.6 Å². The minimum Gasteiger partial charge on any atom is -0.392 e. The van der Waals surface area contributed by atoms with Crippen LogP contribution in [0.15, 0.2) is 18.2 Å². The molecular weight excluding hydrogens is 228 g/mol. The Morgan fingerprint density at radius 3 is 2.75 bits per heavy atom. The van der Waals surface area contributed by atoms with Crippen molar-refractivity contribution in [3.8, 4) is 0 Å². The van der Waals surface area contributed by atoms with Gasteiger partial charge in [-0.25, -0.2) is 0 Å². The van der Waals surface area contributed by atoms with Gasteiger partial charge in [0, 0.05) is 22.8 Å². The quantitative estimate of drug-likeness (QED) is 0.814. The van der Waals surface area contributed by atoms with E-state index in [9.17, 15) is 9.90 Å². The number of rotatable bonds is 5. The Hall–Kier alpha value is -1.26. The summed E-state index contributed by atoms with van der Waals surface area (Å²) in [5.41, 5.74) is 6.52. The molecule has 0 saturated carbocycles. The molecule has 0 aromatic heterocycles. The number of hydrogen-bond acceptors (Lipinski definition) is 3. The molecule has 5 heteroatoms. The van der Waals surface area contributed by atoms with Crippen molar-refractivity contribution in [1.29, 1.82) is 0 Å². The van der Waals surface area contributed by atoms with Crippen molar-refractivity contribution >= 4 is 23.2 Å². The molecule has 4 nitrogen and oxygen atoms in total. The predicted octanol–water partition coefficient (Wildman–Crippen LogP) is 1.14. The molecule has 88 valence electrons. The van der Waals surface area contributed by atoms with Gasteiger partial charge in [0.05, 0.1) is 13.2 Å². The summed E-state index contributed by atoms with van der Waals surface area (Å²) >= 11 is 5.96. The molecule has 16 heavy (non-hydrogen) atoms. The molecule has 0 aliphatic carbocycles. The number of primary amides is 1. The van der Waals surface area contributed by atoms with E-state index in [1.165, 1.54) is 0 Å². The molecule has 1 aromatic rings. The fourth-order valence-corrected chi connectivity index (χ4v) is 1.78. The highest BCUT2D eigenvalue weighted by molar-refractivity contribution is 6.31. The zero-order valence-corrected chi connectivity index (χ0v) is 9.87. The van der Waals surface area contributed by atoms with E-state index >= 15 is 0 Å². The Balaban J connectivity index is 3.08. The molecule has 3 N–H and O–H groups in total. The van der Waals surface area contributed by atoms with Gasteiger partial charge in [-0.3, -0.25) is 4.79 Å². The number of amides is 1. The number of nitrogens with zero attached hydrogens (tertiary/aromatic N) is 1. The first-order valence-corrected chi connectivity index (χ1v) is 5.39. The molecule has 0 heterocycles. The largest absolute Gasteiger partial charge is 0.392 e. The van der Waals surface area contributed by atoms with Crippen molar-refractivity contribution in [2.75, 3.05) is 18.0 Å². The molecule has 1 rings (SSSR count). The minimum atomic E-state index is -0.411. The maximum Gasteiger partial charge on any atom is 0.236 e. The monoisotopic (exact) mass is 242 g/mol. The van der Waals surface area contributed by atoms with Crippen LogP contribution in [-0.2, 0) is 11.4 Å². The maximum atomic E-state index is 10.9. The summed E-state index contributed by atoms with van der Waals surface area (Å²) in [6.45, 7) is 2.48. The van der Waals surface area contributed by atoms with Gasteiger partial charge in [0.1, 0.15) is 0 Å². The summed E-state index contributed by atoms with van der Waals surface area (Å²) in [6.07, 6.45) is 0. The van der Waals surface area contributed by atoms with Gasteiger partial charge in [-0.15, -0.1) is 0 Å². The highest BCUT2D eigenvalue weighted by atomic mass is 35.5. The third-order valence-electron chi connectivity index (χ3n) is 2.32. The third kappa shape index (κ3) is 2.87. The van der Waals surface area contributed by atoms with Crippen LogP contribution in [0.1, 0.15) is 12.5 Å². The lowest BCUT2D eigenvalue weighted by Crippen LogP contribution is -2.34. The van der Waals surface area contributed by atoms with Crippen LogP contribution >= 0.6 is 11.6 Å². The summed E-state index contributed by atoms with van der Waals surface area (Å²) in [5, 5.41) is 9.74. The van der Waals surface area contributed by atoms with E-state index in [1.54, 1.807) is 17.0 Å². The smallest absolute Gasteiger partial charge is 0.236 e. The van der Waals surface area contributed by atoms with E-state index in [-0.39, 0.29) is 13.2 Å². The van der Waals surface area contributed by atoms with Gasteiger partial charge in [0.15, 0.2) is 0 Å². The second kappa shape index (κ2) is 5.72. The minimum absolute atomic E-state index is 0.115. The van der Waals surface area contributed by atoms with Crippen LogP contribution in [0, 0.1) is 0 Å². The van der Waals surface area contributed by atoms with Crippen molar-refractivity contribution in [3.63, 3.8) is 0 Å². The van der Waals surface area contributed by atoms with Crippen molar-refractivity contribution < 1.29 is 9.90 Å². The number of benzene rings is 1. The van der Waals surface area contributed by atoms with Crippen molar-refractivity contribution in [2.45, 2.75) is 13.5 Å². The fraction of sp³-hybridized carbons (Fsp3) is 0.364. The van der Waals surface area contributed by atoms with E-state index in [0.29, 0.717) is 17.1 Å². The van der Waals surface area contributed by atoms with Gasteiger partial charge in [-0.05, 0) is 19.1 Å². The molecule has 1 aromatic carbocycles. The molecule has 0 fully saturated rings. The van der Waals surface area contributed by atoms with Crippen LogP contribution in [0.3, 0.4) is 0 Å². The number of halogens is 1. The van der Waals surface area contributed by atoms with E-state index in [2.05, 4.69) is 0 Å². The van der Waals surface area contributed by atoms with Gasteiger partial charge in [0.25, 0.3) is 0 Å². The van der Waals surface area contributed by atoms with Crippen LogP contribution in [0.4, 0.5) is 5.69 Å². The van der Waals surface area contributed by atoms with Gasteiger partial charge >= 0.3 is 0 Å². The number of nitrogens with two attached hydrogens (primary N) is 1. The van der Waals surface area contributed by atoms with Crippen LogP contribution in [-0.4, -0.2) is 24.1 Å². The molecule has 1 amide bonds. The average molecular weight is 243 g/mol. The highest BCUT2D eigenvalue weighted by Gasteiger charge is 2.13. The van der Waals surface area contributed by atoms with E-state index < -0.39 is 5.91 Å². The summed E-state index contributed by atoms with van der Waals surface area (Å²) in [7, 11) is 0. The standard InChI is InChI=1S/C11H15ClN2O2/c1-2-14(6-11(13)16)10-5-3-4-9(12)8(10)7-15/h3-5,15H,2,6-7H2,1H3,(H2,13,16). The Bertz CT molecular complexity index is 382. The van der Waals surface area contributed by atoms with Crippen molar-refractivity contribution in [3.05, 3.63) is 28.8 Å². The zero-order valence-electron chi connectivity index (χ0n) is 9.11. The first kappa shape index (κ1) is 12.8. The molecule has 0 aliphatic rings. The molecule has 0 spiro atoms. The Morgan fingerprint density at radius 1 is 1.56 bits per heavy atom. The molecular formula is C11H15ClN2O2. The molecule has 0 bridgehead atoms. The third-order valence-corrected chi connectivity index (χ3v) is 2.68. The lowest BCUT2D eigenvalue weighted by molar-refractivity contribution is -0.116. The Kier molecular flexibility index (Phi) is 4.58. The molecule has 0 radical (unpaired) electrons. The first-order valence-electron chi connectivity index (χ1n) is 5.01. The number of aliphatic hydroxyl groups excluding tert-OH is 1. The molecule has 0 unspecified atom stereocenters. The zero-order chi connectivity index (χ0) is 12.1. The van der Waals surface area contributed by atoms with E-state index in [1.807, 2.05) is 13.0 Å². The maximum absolute atomic E-state index is 10.9. The summed E-state index contributed by atoms with van der Waals surface area (Å²) in [5.74, 6) is -0.411. The molecule has 0 aliphatic heterocycles. The Labute approximate surface area is 99.6 Å². The van der Waals surface area contributed by atoms with E-state index in [4.69, 9.17) is 17.3 Å². The normalized spacial score (nSPS) is 10.2. The van der Waals surface area contributed by atoms with Crippen molar-refractivity contribution in [2.24, 2.45) is 5.73 Å². The van der Waals surface area contributed by atoms with E-state index in [0.717, 1.165) is 5.69 Å². The molecule has 0 atom stereocenters. The number of aliphatic hydroxyl groups is 1. The van der Waals surface area contributed by atoms with Gasteiger partial charge in [-0.1, -0.05) is 17.7 Å². The van der Waals surface area contributed by atoms with Gasteiger partial charge in [0.2, 0.25) is 5.91 Å². The lowest BCUT2D eigenvalue weighted by atomic mass is 10.1. The van der Waals surface area contributed by atoms with Crippen LogP contribution in [0.25, 0.3) is 0 Å². The SMILES string of the molecule is CCN(CC(N)=O)c1cccc(Cl)c1CO. The predicted molar refractivity (Wildman–Crippen MR) is 64.5 cm³/mol. The second-order valence-electron chi connectivity index (χ2n) is 3.38. The van der Waals surface area contributed by atoms with Crippen LogP contribution in [0.5, 0.6) is 0 Å². The highest BCUT2D eigenvalue weighted by Crippen LogP contribution is 2.27. The van der Waals surface area contributed by atoms with Crippen LogP contribution in [0.2, 0.25) is 5.02 Å². The molecule has 0 saturated heterocycles. The number of hydrogen-bond donors (Lipinski definition) is 2. The average Bonchev–Trinajstić information content (AvgIpc) is 2.25. The van der Waals surface area contributed by atoms with Gasteiger partial charge in [-0.2, -0.15) is 0 Å². The van der Waals surface area contributed by atoms with Crippen molar-refractivity contribution in [1.82, 2.24) is 0 Å². The first-order chi connectivity index (χ1) is 7.60.